The quantitative estimate of drug-likeness (QED) is 0.739. The smallest absolute Gasteiger partial charge is 0.398 e. The zero-order valence-corrected chi connectivity index (χ0v) is 11.7. The van der Waals surface area contributed by atoms with Gasteiger partial charge in [-0.15, -0.1) is 5.10 Å². The minimum Gasteiger partial charge on any atom is -0.398 e. The number of hydrogen-bond acceptors (Lipinski definition) is 4. The van der Waals surface area contributed by atoms with Gasteiger partial charge in [0.15, 0.2) is 0 Å². The lowest BCUT2D eigenvalue weighted by Crippen LogP contribution is -2.41. The highest BCUT2D eigenvalue weighted by Gasteiger charge is 2.53. The molecule has 0 aromatic carbocycles. The van der Waals surface area contributed by atoms with Crippen molar-refractivity contribution in [3.8, 4) is 0 Å². The van der Waals surface area contributed by atoms with Crippen LogP contribution in [0, 0.1) is 6.92 Å². The molecule has 1 saturated heterocycles. The number of aromatic nitrogens is 3. The zero-order chi connectivity index (χ0) is 13.1. The average molecular weight is 249 g/mol. The van der Waals surface area contributed by atoms with Crippen LogP contribution in [0.25, 0.3) is 0 Å². The molecule has 2 heterocycles. The van der Waals surface area contributed by atoms with Gasteiger partial charge < -0.3 is 9.31 Å². The van der Waals surface area contributed by atoms with Gasteiger partial charge >= 0.3 is 7.12 Å². The lowest BCUT2D eigenvalue weighted by atomic mass is 9.83. The fraction of sp³-hybridized carbons (Fsp3) is 0.833. The number of rotatable bonds is 2. The van der Waals surface area contributed by atoms with Gasteiger partial charge in [-0.1, -0.05) is 5.21 Å². The first kappa shape index (κ1) is 12.2. The minimum atomic E-state index is -0.400. The van der Waals surface area contributed by atoms with E-state index in [4.69, 9.17) is 9.31 Å². The highest BCUT2D eigenvalue weighted by molar-refractivity contribution is 6.61. The van der Waals surface area contributed by atoms with Gasteiger partial charge in [0.1, 0.15) is 5.59 Å². The molecule has 0 spiro atoms. The fourth-order valence-corrected chi connectivity index (χ4v) is 2.19. The van der Waals surface area contributed by atoms with Crippen LogP contribution in [-0.2, 0) is 9.31 Å². The van der Waals surface area contributed by atoms with Crippen LogP contribution >= 0.6 is 0 Å². The molecule has 0 N–H and O–H groups in total. The summed E-state index contributed by atoms with van der Waals surface area (Å²) < 4.78 is 14.0. The molecule has 2 aliphatic rings. The first-order valence-electron chi connectivity index (χ1n) is 6.59. The summed E-state index contributed by atoms with van der Waals surface area (Å²) in [5, 5.41) is 8.48. The summed E-state index contributed by atoms with van der Waals surface area (Å²) in [6.45, 7) is 10.2. The predicted molar refractivity (Wildman–Crippen MR) is 68.7 cm³/mol. The molecule has 5 nitrogen and oxygen atoms in total. The van der Waals surface area contributed by atoms with Gasteiger partial charge in [0.2, 0.25) is 0 Å². The van der Waals surface area contributed by atoms with Crippen LogP contribution in [0.2, 0.25) is 0 Å². The zero-order valence-electron chi connectivity index (χ0n) is 11.7. The molecule has 0 amide bonds. The van der Waals surface area contributed by atoms with Crippen LogP contribution in [-0.4, -0.2) is 33.3 Å². The summed E-state index contributed by atoms with van der Waals surface area (Å²) >= 11 is 0. The molecule has 0 atom stereocenters. The summed E-state index contributed by atoms with van der Waals surface area (Å²) in [6, 6.07) is 0.536. The molecule has 0 bridgehead atoms. The first-order chi connectivity index (χ1) is 8.32. The normalized spacial score (nSPS) is 25.7. The lowest BCUT2D eigenvalue weighted by Gasteiger charge is -2.32. The second kappa shape index (κ2) is 3.57. The molecule has 1 aliphatic carbocycles. The van der Waals surface area contributed by atoms with Gasteiger partial charge in [0, 0.05) is 0 Å². The van der Waals surface area contributed by atoms with E-state index in [1.165, 1.54) is 12.8 Å². The summed E-state index contributed by atoms with van der Waals surface area (Å²) in [5.41, 5.74) is 1.23. The third-order valence-corrected chi connectivity index (χ3v) is 4.33. The maximum absolute atomic E-state index is 6.01. The van der Waals surface area contributed by atoms with E-state index in [2.05, 4.69) is 10.3 Å². The van der Waals surface area contributed by atoms with Crippen molar-refractivity contribution in [2.24, 2.45) is 0 Å². The van der Waals surface area contributed by atoms with Gasteiger partial charge in [-0.3, -0.25) is 0 Å². The summed E-state index contributed by atoms with van der Waals surface area (Å²) in [5.74, 6) is 0. The Bertz CT molecular complexity index is 464. The molecule has 1 aromatic rings. The van der Waals surface area contributed by atoms with Gasteiger partial charge in [0.25, 0.3) is 0 Å². The van der Waals surface area contributed by atoms with Crippen molar-refractivity contribution in [1.29, 1.82) is 0 Å². The van der Waals surface area contributed by atoms with E-state index in [-0.39, 0.29) is 11.2 Å². The molecule has 3 rings (SSSR count). The Hall–Kier alpha value is -0.875. The van der Waals surface area contributed by atoms with Crippen molar-refractivity contribution in [3.63, 3.8) is 0 Å². The van der Waals surface area contributed by atoms with Crippen molar-refractivity contribution in [2.45, 2.75) is 64.7 Å². The Morgan fingerprint density at radius 2 is 1.72 bits per heavy atom. The van der Waals surface area contributed by atoms with Crippen molar-refractivity contribution in [1.82, 2.24) is 15.0 Å². The molecule has 1 aromatic heterocycles. The molecule has 0 radical (unpaired) electrons. The second-order valence-corrected chi connectivity index (χ2v) is 6.32. The summed E-state index contributed by atoms with van der Waals surface area (Å²) in [7, 11) is -0.400. The van der Waals surface area contributed by atoms with Crippen molar-refractivity contribution >= 4 is 12.7 Å². The van der Waals surface area contributed by atoms with Gasteiger partial charge in [-0.25, -0.2) is 4.68 Å². The molecule has 0 unspecified atom stereocenters. The Kier molecular flexibility index (Phi) is 2.42. The monoisotopic (exact) mass is 249 g/mol. The van der Waals surface area contributed by atoms with E-state index in [0.717, 1.165) is 11.3 Å². The molecular weight excluding hydrogens is 229 g/mol. The Morgan fingerprint density at radius 3 is 2.22 bits per heavy atom. The lowest BCUT2D eigenvalue weighted by molar-refractivity contribution is 0.00578. The first-order valence-corrected chi connectivity index (χ1v) is 6.59. The summed E-state index contributed by atoms with van der Waals surface area (Å²) in [4.78, 5) is 0. The van der Waals surface area contributed by atoms with E-state index < -0.39 is 7.12 Å². The third-order valence-electron chi connectivity index (χ3n) is 4.33. The van der Waals surface area contributed by atoms with E-state index >= 15 is 0 Å². The van der Waals surface area contributed by atoms with Crippen LogP contribution in [0.15, 0.2) is 0 Å². The summed E-state index contributed by atoms with van der Waals surface area (Å²) in [6.07, 6.45) is 2.40. The Balaban J connectivity index is 1.88. The van der Waals surface area contributed by atoms with Gasteiger partial charge in [-0.2, -0.15) is 0 Å². The van der Waals surface area contributed by atoms with Crippen LogP contribution in [0.3, 0.4) is 0 Å². The van der Waals surface area contributed by atoms with E-state index in [1.54, 1.807) is 0 Å². The highest BCUT2D eigenvalue weighted by atomic mass is 16.7. The SMILES string of the molecule is Cc1c(B2OC(C)(C)C(C)(C)O2)nnn1C1CC1. The van der Waals surface area contributed by atoms with Gasteiger partial charge in [-0.05, 0) is 47.5 Å². The average Bonchev–Trinajstić information content (AvgIpc) is 2.96. The Labute approximate surface area is 108 Å². The molecule has 6 heteroatoms. The molecule has 18 heavy (non-hydrogen) atoms. The molecular formula is C12H20BN3O2. The topological polar surface area (TPSA) is 49.2 Å². The van der Waals surface area contributed by atoms with Crippen LogP contribution < -0.4 is 5.59 Å². The van der Waals surface area contributed by atoms with E-state index in [0.29, 0.717) is 6.04 Å². The highest BCUT2D eigenvalue weighted by Crippen LogP contribution is 2.37. The van der Waals surface area contributed by atoms with Gasteiger partial charge in [0.05, 0.1) is 22.9 Å². The maximum Gasteiger partial charge on any atom is 0.518 e. The minimum absolute atomic E-state index is 0.326. The third kappa shape index (κ3) is 1.70. The molecule has 1 aliphatic heterocycles. The van der Waals surface area contributed by atoms with Crippen LogP contribution in [0.5, 0.6) is 0 Å². The van der Waals surface area contributed by atoms with E-state index in [1.807, 2.05) is 39.3 Å². The Morgan fingerprint density at radius 1 is 1.17 bits per heavy atom. The van der Waals surface area contributed by atoms with Crippen LogP contribution in [0.4, 0.5) is 0 Å². The molecule has 98 valence electrons. The van der Waals surface area contributed by atoms with Crippen molar-refractivity contribution < 1.29 is 9.31 Å². The van der Waals surface area contributed by atoms with Crippen LogP contribution in [0.1, 0.15) is 52.3 Å². The largest absolute Gasteiger partial charge is 0.518 e. The molecule has 1 saturated carbocycles. The van der Waals surface area contributed by atoms with Crippen molar-refractivity contribution in [3.05, 3.63) is 5.69 Å². The fourth-order valence-electron chi connectivity index (χ4n) is 2.19. The van der Waals surface area contributed by atoms with E-state index in [9.17, 15) is 0 Å². The standard InChI is InChI=1S/C12H20BN3O2/c1-8-10(14-15-16(8)9-6-7-9)13-17-11(2,3)12(4,5)18-13/h9H,6-7H2,1-5H3. The maximum atomic E-state index is 6.01. The number of hydrogen-bond donors (Lipinski definition) is 0. The predicted octanol–water partition coefficient (Wildman–Crippen LogP) is 1.22. The van der Waals surface area contributed by atoms with Crippen molar-refractivity contribution in [2.75, 3.05) is 0 Å². The second-order valence-electron chi connectivity index (χ2n) is 6.32. The molecule has 2 fully saturated rings. The number of nitrogens with zero attached hydrogens (tertiary/aromatic N) is 3.